The van der Waals surface area contributed by atoms with Crippen LogP contribution in [0.5, 0.6) is 0 Å². The van der Waals surface area contributed by atoms with E-state index in [1.165, 1.54) is 12.1 Å². The Hall–Kier alpha value is -1.09. The smallest absolute Gasteiger partial charge is 0.123 e. The third kappa shape index (κ3) is 3.88. The molecule has 0 saturated heterocycles. The molecule has 0 radical (unpaired) electrons. The fourth-order valence-electron chi connectivity index (χ4n) is 1.33. The molecular weight excluding hydrogens is 193 g/mol. The number of aliphatic hydroxyl groups excluding tert-OH is 1. The molecule has 0 fully saturated rings. The lowest BCUT2D eigenvalue weighted by Crippen LogP contribution is -2.22. The summed E-state index contributed by atoms with van der Waals surface area (Å²) in [6, 6.07) is 6.24. The highest BCUT2D eigenvalue weighted by Crippen LogP contribution is 2.13. The van der Waals surface area contributed by atoms with E-state index in [0.717, 1.165) is 5.69 Å². The number of rotatable bonds is 5. The van der Waals surface area contributed by atoms with E-state index in [4.69, 9.17) is 5.11 Å². The first-order valence-corrected chi connectivity index (χ1v) is 5.23. The summed E-state index contributed by atoms with van der Waals surface area (Å²) >= 11 is 0. The van der Waals surface area contributed by atoms with Crippen LogP contribution in [0, 0.1) is 17.7 Å². The predicted molar refractivity (Wildman–Crippen MR) is 60.3 cm³/mol. The van der Waals surface area contributed by atoms with Crippen LogP contribution in [-0.2, 0) is 0 Å². The lowest BCUT2D eigenvalue weighted by Gasteiger charge is -2.19. The molecule has 0 aliphatic heterocycles. The van der Waals surface area contributed by atoms with Crippen LogP contribution in [0.4, 0.5) is 10.1 Å². The molecule has 1 unspecified atom stereocenters. The van der Waals surface area contributed by atoms with Gasteiger partial charge < -0.3 is 10.4 Å². The molecular formula is C12H18FNO. The third-order valence-electron chi connectivity index (χ3n) is 2.59. The minimum atomic E-state index is -0.233. The predicted octanol–water partition coefficient (Wildman–Crippen LogP) is 2.50. The van der Waals surface area contributed by atoms with Gasteiger partial charge in [-0.15, -0.1) is 0 Å². The fraction of sp³-hybridized carbons (Fsp3) is 0.500. The van der Waals surface area contributed by atoms with Crippen molar-refractivity contribution in [1.29, 1.82) is 0 Å². The fourth-order valence-corrected chi connectivity index (χ4v) is 1.33. The Kier molecular flexibility index (Phi) is 4.56. The molecule has 15 heavy (non-hydrogen) atoms. The minimum absolute atomic E-state index is 0.172. The van der Waals surface area contributed by atoms with Gasteiger partial charge in [-0.25, -0.2) is 4.39 Å². The first-order valence-electron chi connectivity index (χ1n) is 5.23. The van der Waals surface area contributed by atoms with Gasteiger partial charge in [-0.3, -0.25) is 0 Å². The first kappa shape index (κ1) is 12.0. The van der Waals surface area contributed by atoms with E-state index in [9.17, 15) is 4.39 Å². The van der Waals surface area contributed by atoms with Crippen molar-refractivity contribution in [1.82, 2.24) is 0 Å². The van der Waals surface area contributed by atoms with Crippen LogP contribution < -0.4 is 5.32 Å². The lowest BCUT2D eigenvalue weighted by atomic mass is 9.97. The molecule has 1 aromatic carbocycles. The van der Waals surface area contributed by atoms with Crippen molar-refractivity contribution in [3.05, 3.63) is 30.1 Å². The van der Waals surface area contributed by atoms with Gasteiger partial charge in [0.1, 0.15) is 5.82 Å². The summed E-state index contributed by atoms with van der Waals surface area (Å²) < 4.78 is 12.6. The van der Waals surface area contributed by atoms with Gasteiger partial charge in [0.15, 0.2) is 0 Å². The number of aliphatic hydroxyl groups is 1. The molecule has 1 rings (SSSR count). The van der Waals surface area contributed by atoms with Crippen molar-refractivity contribution < 1.29 is 9.50 Å². The summed E-state index contributed by atoms with van der Waals surface area (Å²) in [7, 11) is 0. The average Bonchev–Trinajstić information content (AvgIpc) is 2.21. The molecule has 0 aliphatic carbocycles. The van der Waals surface area contributed by atoms with Gasteiger partial charge in [0.2, 0.25) is 0 Å². The topological polar surface area (TPSA) is 32.3 Å². The van der Waals surface area contributed by atoms with Crippen LogP contribution in [0.15, 0.2) is 24.3 Å². The maximum absolute atomic E-state index is 12.6. The van der Waals surface area contributed by atoms with E-state index in [2.05, 4.69) is 19.2 Å². The summed E-state index contributed by atoms with van der Waals surface area (Å²) in [5.41, 5.74) is 0.885. The number of hydrogen-bond donors (Lipinski definition) is 2. The Morgan fingerprint density at radius 3 is 2.33 bits per heavy atom. The van der Waals surface area contributed by atoms with E-state index in [1.54, 1.807) is 12.1 Å². The van der Waals surface area contributed by atoms with Crippen LogP contribution >= 0.6 is 0 Å². The maximum Gasteiger partial charge on any atom is 0.123 e. The highest BCUT2D eigenvalue weighted by molar-refractivity contribution is 5.42. The summed E-state index contributed by atoms with van der Waals surface area (Å²) in [6.07, 6.45) is 0. The van der Waals surface area contributed by atoms with Gasteiger partial charge in [0.25, 0.3) is 0 Å². The molecule has 1 aromatic rings. The van der Waals surface area contributed by atoms with Crippen molar-refractivity contribution in [2.45, 2.75) is 13.8 Å². The molecule has 0 bridgehead atoms. The Morgan fingerprint density at radius 1 is 1.27 bits per heavy atom. The van der Waals surface area contributed by atoms with E-state index in [0.29, 0.717) is 12.5 Å². The van der Waals surface area contributed by atoms with Gasteiger partial charge >= 0.3 is 0 Å². The second-order valence-corrected chi connectivity index (χ2v) is 4.07. The summed E-state index contributed by atoms with van der Waals surface area (Å²) in [4.78, 5) is 0. The molecule has 0 saturated carbocycles. The summed E-state index contributed by atoms with van der Waals surface area (Å²) in [5.74, 6) is 0.432. The molecule has 0 aliphatic rings. The monoisotopic (exact) mass is 211 g/mol. The Labute approximate surface area is 90.1 Å². The highest BCUT2D eigenvalue weighted by Gasteiger charge is 2.11. The molecule has 0 spiro atoms. The van der Waals surface area contributed by atoms with Crippen molar-refractivity contribution in [2.24, 2.45) is 11.8 Å². The van der Waals surface area contributed by atoms with Crippen LogP contribution in [0.2, 0.25) is 0 Å². The molecule has 1 atom stereocenters. The Bertz CT molecular complexity index is 284. The molecule has 3 heteroatoms. The number of benzene rings is 1. The highest BCUT2D eigenvalue weighted by atomic mass is 19.1. The molecule has 2 nitrogen and oxygen atoms in total. The van der Waals surface area contributed by atoms with E-state index >= 15 is 0 Å². The minimum Gasteiger partial charge on any atom is -0.396 e. The van der Waals surface area contributed by atoms with Crippen molar-refractivity contribution in [3.8, 4) is 0 Å². The number of anilines is 1. The Morgan fingerprint density at radius 2 is 1.87 bits per heavy atom. The van der Waals surface area contributed by atoms with E-state index in [1.807, 2.05) is 0 Å². The van der Waals surface area contributed by atoms with Crippen molar-refractivity contribution >= 4 is 5.69 Å². The number of halogens is 1. The van der Waals surface area contributed by atoms with Crippen molar-refractivity contribution in [2.75, 3.05) is 18.5 Å². The van der Waals surface area contributed by atoms with Crippen LogP contribution in [0.3, 0.4) is 0 Å². The van der Waals surface area contributed by atoms with Gasteiger partial charge in [-0.1, -0.05) is 13.8 Å². The zero-order valence-electron chi connectivity index (χ0n) is 9.20. The van der Waals surface area contributed by atoms with E-state index in [-0.39, 0.29) is 18.3 Å². The second-order valence-electron chi connectivity index (χ2n) is 4.07. The molecule has 2 N–H and O–H groups in total. The van der Waals surface area contributed by atoms with Crippen LogP contribution in [-0.4, -0.2) is 18.3 Å². The lowest BCUT2D eigenvalue weighted by molar-refractivity contribution is 0.198. The maximum atomic E-state index is 12.6. The number of nitrogens with one attached hydrogen (secondary N) is 1. The SMILES string of the molecule is CC(C)C(CO)CNc1ccc(F)cc1. The summed E-state index contributed by atoms with van der Waals surface area (Å²) in [5, 5.41) is 12.3. The third-order valence-corrected chi connectivity index (χ3v) is 2.59. The molecule has 0 heterocycles. The van der Waals surface area contributed by atoms with Gasteiger partial charge in [-0.05, 0) is 30.2 Å². The van der Waals surface area contributed by atoms with Gasteiger partial charge in [0.05, 0.1) is 0 Å². The largest absolute Gasteiger partial charge is 0.396 e. The normalized spacial score (nSPS) is 12.9. The van der Waals surface area contributed by atoms with E-state index < -0.39 is 0 Å². The standard InChI is InChI=1S/C12H18FNO/c1-9(2)10(8-15)7-14-12-5-3-11(13)4-6-12/h3-6,9-10,14-15H,7-8H2,1-2H3. The van der Waals surface area contributed by atoms with Crippen LogP contribution in [0.25, 0.3) is 0 Å². The summed E-state index contributed by atoms with van der Waals surface area (Å²) in [6.45, 7) is 5.03. The van der Waals surface area contributed by atoms with Crippen LogP contribution in [0.1, 0.15) is 13.8 Å². The molecule has 84 valence electrons. The second kappa shape index (κ2) is 5.71. The Balaban J connectivity index is 2.45. The quantitative estimate of drug-likeness (QED) is 0.784. The molecule has 0 aromatic heterocycles. The first-order chi connectivity index (χ1) is 7.13. The molecule has 0 amide bonds. The number of hydrogen-bond acceptors (Lipinski definition) is 2. The van der Waals surface area contributed by atoms with Gasteiger partial charge in [-0.2, -0.15) is 0 Å². The average molecular weight is 211 g/mol. The van der Waals surface area contributed by atoms with Gasteiger partial charge in [0, 0.05) is 24.8 Å². The zero-order valence-corrected chi connectivity index (χ0v) is 9.20. The zero-order chi connectivity index (χ0) is 11.3. The van der Waals surface area contributed by atoms with Crippen molar-refractivity contribution in [3.63, 3.8) is 0 Å².